The Hall–Kier alpha value is -2.62. The van der Waals surface area contributed by atoms with Crippen LogP contribution in [0.4, 0.5) is 11.5 Å². The van der Waals surface area contributed by atoms with Gasteiger partial charge in [-0.15, -0.1) is 0 Å². The molecule has 1 fully saturated rings. The number of hydrogen-bond acceptors (Lipinski definition) is 4. The van der Waals surface area contributed by atoms with Crippen LogP contribution in [0.1, 0.15) is 48.8 Å². The second kappa shape index (κ2) is 7.66. The first kappa shape index (κ1) is 18.4. The van der Waals surface area contributed by atoms with Gasteiger partial charge in [0.1, 0.15) is 11.6 Å². The zero-order valence-corrected chi connectivity index (χ0v) is 17.6. The number of rotatable bonds is 3. The van der Waals surface area contributed by atoms with Crippen molar-refractivity contribution in [2.75, 3.05) is 29.4 Å². The van der Waals surface area contributed by atoms with Crippen LogP contribution in [0.2, 0.25) is 0 Å². The van der Waals surface area contributed by atoms with Gasteiger partial charge in [0, 0.05) is 42.7 Å². The first-order chi connectivity index (χ1) is 14.2. The van der Waals surface area contributed by atoms with E-state index in [1.807, 2.05) is 0 Å². The van der Waals surface area contributed by atoms with Crippen LogP contribution >= 0.6 is 0 Å². The zero-order valence-electron chi connectivity index (χ0n) is 17.6. The molecule has 3 heterocycles. The molecule has 4 nitrogen and oxygen atoms in total. The van der Waals surface area contributed by atoms with Gasteiger partial charge in [0.2, 0.25) is 0 Å². The molecule has 150 valence electrons. The number of nitrogens with zero attached hydrogens (tertiary/aromatic N) is 4. The second-order valence-electron chi connectivity index (χ2n) is 8.41. The monoisotopic (exact) mass is 386 g/mol. The molecule has 0 spiro atoms. The number of hydrogen-bond donors (Lipinski definition) is 0. The minimum atomic E-state index is 0.874. The third-order valence-corrected chi connectivity index (χ3v) is 6.49. The lowest BCUT2D eigenvalue weighted by Gasteiger charge is -2.35. The number of benzene rings is 2. The summed E-state index contributed by atoms with van der Waals surface area (Å²) in [6.45, 7) is 8.55. The highest BCUT2D eigenvalue weighted by molar-refractivity contribution is 5.97. The van der Waals surface area contributed by atoms with Gasteiger partial charge in [-0.1, -0.05) is 37.3 Å². The number of piperidine rings is 1. The Morgan fingerprint density at radius 2 is 1.69 bits per heavy atom. The molecule has 0 unspecified atom stereocenters. The number of fused-ring (bicyclic) bond motifs is 2. The SMILES string of the molecule is CCc1nc2c(c(N3CCCCC3)n1)CCN(c1cccc3cccc(C)c13)C2. The van der Waals surface area contributed by atoms with E-state index in [9.17, 15) is 0 Å². The predicted molar refractivity (Wildman–Crippen MR) is 121 cm³/mol. The summed E-state index contributed by atoms with van der Waals surface area (Å²) in [7, 11) is 0. The van der Waals surface area contributed by atoms with Crippen LogP contribution in [-0.4, -0.2) is 29.6 Å². The summed E-state index contributed by atoms with van der Waals surface area (Å²) in [5, 5.41) is 2.69. The van der Waals surface area contributed by atoms with E-state index in [-0.39, 0.29) is 0 Å². The highest BCUT2D eigenvalue weighted by atomic mass is 15.2. The fourth-order valence-electron chi connectivity index (χ4n) is 4.96. The first-order valence-electron chi connectivity index (χ1n) is 11.1. The Labute approximate surface area is 173 Å². The van der Waals surface area contributed by atoms with Crippen molar-refractivity contribution in [3.63, 3.8) is 0 Å². The maximum Gasteiger partial charge on any atom is 0.135 e. The Morgan fingerprint density at radius 1 is 0.897 bits per heavy atom. The molecule has 0 N–H and O–H groups in total. The molecule has 2 aliphatic heterocycles. The van der Waals surface area contributed by atoms with E-state index >= 15 is 0 Å². The van der Waals surface area contributed by atoms with Crippen LogP contribution in [0.15, 0.2) is 36.4 Å². The molecule has 0 saturated carbocycles. The van der Waals surface area contributed by atoms with Gasteiger partial charge in [-0.25, -0.2) is 9.97 Å². The summed E-state index contributed by atoms with van der Waals surface area (Å²) < 4.78 is 0. The fraction of sp³-hybridized carbons (Fsp3) is 0.440. The fourth-order valence-corrected chi connectivity index (χ4v) is 4.96. The molecular formula is C25H30N4. The Balaban J connectivity index is 1.55. The van der Waals surface area contributed by atoms with Crippen LogP contribution in [-0.2, 0) is 19.4 Å². The summed E-state index contributed by atoms with van der Waals surface area (Å²) in [4.78, 5) is 15.0. The number of aromatic nitrogens is 2. The zero-order chi connectivity index (χ0) is 19.8. The maximum atomic E-state index is 4.99. The first-order valence-corrected chi connectivity index (χ1v) is 11.1. The van der Waals surface area contributed by atoms with Gasteiger partial charge >= 0.3 is 0 Å². The van der Waals surface area contributed by atoms with E-state index in [2.05, 4.69) is 60.0 Å². The Kier molecular flexibility index (Phi) is 4.86. The number of aryl methyl sites for hydroxylation is 2. The minimum absolute atomic E-state index is 0.874. The van der Waals surface area contributed by atoms with E-state index < -0.39 is 0 Å². The van der Waals surface area contributed by atoms with Crippen molar-refractivity contribution in [1.29, 1.82) is 0 Å². The van der Waals surface area contributed by atoms with Crippen molar-refractivity contribution < 1.29 is 0 Å². The van der Waals surface area contributed by atoms with Gasteiger partial charge < -0.3 is 9.80 Å². The van der Waals surface area contributed by atoms with Crippen LogP contribution in [0.25, 0.3) is 10.8 Å². The van der Waals surface area contributed by atoms with Gasteiger partial charge in [0.15, 0.2) is 0 Å². The molecular weight excluding hydrogens is 356 g/mol. The topological polar surface area (TPSA) is 32.3 Å². The molecule has 1 aromatic heterocycles. The van der Waals surface area contributed by atoms with Crippen LogP contribution in [0.5, 0.6) is 0 Å². The lowest BCUT2D eigenvalue weighted by Crippen LogP contribution is -2.36. The van der Waals surface area contributed by atoms with Gasteiger partial charge in [-0.3, -0.25) is 0 Å². The van der Waals surface area contributed by atoms with Gasteiger partial charge in [0.25, 0.3) is 0 Å². The summed E-state index contributed by atoms with van der Waals surface area (Å²) in [5.41, 5.74) is 5.30. The molecule has 0 aliphatic carbocycles. The molecule has 1 saturated heterocycles. The Bertz CT molecular complexity index is 1030. The third-order valence-electron chi connectivity index (χ3n) is 6.49. The van der Waals surface area contributed by atoms with Crippen LogP contribution < -0.4 is 9.80 Å². The van der Waals surface area contributed by atoms with Crippen LogP contribution in [0, 0.1) is 6.92 Å². The Morgan fingerprint density at radius 3 is 2.48 bits per heavy atom. The molecule has 0 bridgehead atoms. The normalized spacial score (nSPS) is 16.9. The van der Waals surface area contributed by atoms with E-state index in [1.54, 1.807) is 0 Å². The molecule has 5 rings (SSSR count). The molecule has 0 radical (unpaired) electrons. The van der Waals surface area contributed by atoms with Crippen molar-refractivity contribution in [3.05, 3.63) is 59.0 Å². The van der Waals surface area contributed by atoms with Crippen molar-refractivity contribution in [3.8, 4) is 0 Å². The van der Waals surface area contributed by atoms with Gasteiger partial charge in [0.05, 0.1) is 12.2 Å². The van der Waals surface area contributed by atoms with Gasteiger partial charge in [-0.05, 0) is 49.6 Å². The summed E-state index contributed by atoms with van der Waals surface area (Å²) in [5.74, 6) is 2.21. The molecule has 2 aromatic carbocycles. The van der Waals surface area contributed by atoms with Crippen LogP contribution in [0.3, 0.4) is 0 Å². The van der Waals surface area contributed by atoms with Crippen molar-refractivity contribution in [1.82, 2.24) is 9.97 Å². The lowest BCUT2D eigenvalue weighted by molar-refractivity contribution is 0.566. The lowest BCUT2D eigenvalue weighted by atomic mass is 9.99. The van der Waals surface area contributed by atoms with E-state index in [1.165, 1.54) is 58.4 Å². The van der Waals surface area contributed by atoms with Gasteiger partial charge in [-0.2, -0.15) is 0 Å². The molecule has 0 amide bonds. The largest absolute Gasteiger partial charge is 0.365 e. The second-order valence-corrected chi connectivity index (χ2v) is 8.41. The van der Waals surface area contributed by atoms with Crippen molar-refractivity contribution in [2.24, 2.45) is 0 Å². The maximum absolute atomic E-state index is 4.99. The summed E-state index contributed by atoms with van der Waals surface area (Å²) in [6.07, 6.45) is 5.82. The van der Waals surface area contributed by atoms with Crippen molar-refractivity contribution >= 4 is 22.3 Å². The van der Waals surface area contributed by atoms with Crippen molar-refractivity contribution in [2.45, 2.75) is 52.5 Å². The highest BCUT2D eigenvalue weighted by Gasteiger charge is 2.26. The van der Waals surface area contributed by atoms with E-state index in [0.717, 1.165) is 44.8 Å². The highest BCUT2D eigenvalue weighted by Crippen LogP contribution is 2.35. The average Bonchev–Trinajstić information content (AvgIpc) is 2.78. The summed E-state index contributed by atoms with van der Waals surface area (Å²) >= 11 is 0. The van der Waals surface area contributed by atoms with E-state index in [4.69, 9.17) is 9.97 Å². The summed E-state index contributed by atoms with van der Waals surface area (Å²) in [6, 6.07) is 13.3. The molecule has 0 atom stereocenters. The smallest absolute Gasteiger partial charge is 0.135 e. The molecule has 2 aliphatic rings. The number of anilines is 2. The predicted octanol–water partition coefficient (Wildman–Crippen LogP) is 5.05. The molecule has 4 heteroatoms. The average molecular weight is 387 g/mol. The van der Waals surface area contributed by atoms with E-state index in [0.29, 0.717) is 0 Å². The molecule has 29 heavy (non-hydrogen) atoms. The quantitative estimate of drug-likeness (QED) is 0.630. The third kappa shape index (κ3) is 3.35. The standard InChI is InChI=1S/C25H30N4/c1-3-23-26-21-17-29(22-12-8-11-19-10-7-9-18(2)24(19)22)16-13-20(21)25(27-23)28-14-5-4-6-15-28/h7-12H,3-6,13-17H2,1-2H3. The molecule has 3 aromatic rings. The minimum Gasteiger partial charge on any atom is -0.365 e.